The van der Waals surface area contributed by atoms with E-state index in [1.807, 2.05) is 32.8 Å². The first-order chi connectivity index (χ1) is 8.82. The van der Waals surface area contributed by atoms with E-state index in [1.165, 1.54) is 15.6 Å². The summed E-state index contributed by atoms with van der Waals surface area (Å²) in [7, 11) is 0.448. The summed E-state index contributed by atoms with van der Waals surface area (Å²) in [6.45, 7) is 4.94. The third kappa shape index (κ3) is 4.16. The predicted molar refractivity (Wildman–Crippen MR) is 81.5 cm³/mol. The van der Waals surface area contributed by atoms with E-state index in [9.17, 15) is 8.42 Å². The van der Waals surface area contributed by atoms with Gasteiger partial charge in [-0.3, -0.25) is 0 Å². The Morgan fingerprint density at radius 3 is 2.47 bits per heavy atom. The van der Waals surface area contributed by atoms with Crippen molar-refractivity contribution >= 4 is 33.0 Å². The Labute approximate surface area is 125 Å². The van der Waals surface area contributed by atoms with Crippen molar-refractivity contribution in [1.82, 2.24) is 9.21 Å². The lowest BCUT2D eigenvalue weighted by atomic mass is 10.3. The van der Waals surface area contributed by atoms with E-state index in [2.05, 4.69) is 0 Å². The summed E-state index contributed by atoms with van der Waals surface area (Å²) in [6.07, 6.45) is 0. The van der Waals surface area contributed by atoms with Crippen LogP contribution in [-0.2, 0) is 15.9 Å². The highest BCUT2D eigenvalue weighted by Crippen LogP contribution is 2.25. The maximum atomic E-state index is 12.6. The molecular formula is C12H21ClN2O2S2. The van der Waals surface area contributed by atoms with Gasteiger partial charge in [-0.1, -0.05) is 6.92 Å². The van der Waals surface area contributed by atoms with Crippen LogP contribution < -0.4 is 0 Å². The standard InChI is InChI=1S/C12H21ClN2O2S2/c1-5-15(10(2)8-14(3)4)19(16,17)12-6-11(7-13)18-9-12/h6,9-10H,5,7-8H2,1-4H3. The second kappa shape index (κ2) is 7.04. The number of hydrogen-bond acceptors (Lipinski definition) is 4. The summed E-state index contributed by atoms with van der Waals surface area (Å²) < 4.78 is 26.7. The summed E-state index contributed by atoms with van der Waals surface area (Å²) in [6, 6.07) is 1.60. The van der Waals surface area contributed by atoms with E-state index in [0.717, 1.165) is 4.88 Å². The molecule has 0 radical (unpaired) electrons. The molecule has 1 unspecified atom stereocenters. The van der Waals surface area contributed by atoms with Gasteiger partial charge in [0, 0.05) is 29.4 Å². The van der Waals surface area contributed by atoms with Gasteiger partial charge in [-0.2, -0.15) is 4.31 Å². The molecule has 1 heterocycles. The molecule has 0 spiro atoms. The Balaban J connectivity index is 3.01. The van der Waals surface area contributed by atoms with Crippen LogP contribution in [0.4, 0.5) is 0 Å². The van der Waals surface area contributed by atoms with Crippen LogP contribution in [0.2, 0.25) is 0 Å². The van der Waals surface area contributed by atoms with Crippen molar-refractivity contribution in [2.45, 2.75) is 30.7 Å². The highest BCUT2D eigenvalue weighted by Gasteiger charge is 2.28. The Kier molecular flexibility index (Phi) is 6.26. The largest absolute Gasteiger partial charge is 0.308 e. The zero-order valence-corrected chi connectivity index (χ0v) is 14.1. The number of hydrogen-bond donors (Lipinski definition) is 0. The average Bonchev–Trinajstić information content (AvgIpc) is 2.77. The van der Waals surface area contributed by atoms with E-state index >= 15 is 0 Å². The molecule has 4 nitrogen and oxygen atoms in total. The fourth-order valence-electron chi connectivity index (χ4n) is 2.04. The molecule has 0 bridgehead atoms. The van der Waals surface area contributed by atoms with Crippen molar-refractivity contribution in [2.75, 3.05) is 27.2 Å². The normalized spacial score (nSPS) is 14.3. The third-order valence-corrected chi connectivity index (χ3v) is 6.40. The number of halogens is 1. The van der Waals surface area contributed by atoms with Crippen LogP contribution in [0, 0.1) is 0 Å². The lowest BCUT2D eigenvalue weighted by Crippen LogP contribution is -2.43. The zero-order valence-electron chi connectivity index (χ0n) is 11.8. The van der Waals surface area contributed by atoms with Gasteiger partial charge in [0.2, 0.25) is 10.0 Å². The van der Waals surface area contributed by atoms with Crippen LogP contribution in [0.15, 0.2) is 16.3 Å². The molecule has 1 aromatic rings. The predicted octanol–water partition coefficient (Wildman–Crippen LogP) is 2.45. The second-order valence-electron chi connectivity index (χ2n) is 4.70. The first kappa shape index (κ1) is 16.9. The Hall–Kier alpha value is -0.140. The summed E-state index contributed by atoms with van der Waals surface area (Å²) >= 11 is 7.11. The molecule has 0 N–H and O–H groups in total. The third-order valence-electron chi connectivity index (χ3n) is 2.80. The minimum absolute atomic E-state index is 0.0654. The average molecular weight is 325 g/mol. The molecule has 1 rings (SSSR count). The van der Waals surface area contributed by atoms with Crippen LogP contribution in [0.1, 0.15) is 18.7 Å². The van der Waals surface area contributed by atoms with Gasteiger partial charge < -0.3 is 4.90 Å². The number of alkyl halides is 1. The lowest BCUT2D eigenvalue weighted by molar-refractivity contribution is 0.271. The smallest absolute Gasteiger partial charge is 0.244 e. The molecule has 1 aromatic heterocycles. The maximum absolute atomic E-state index is 12.6. The SMILES string of the molecule is CCN(C(C)CN(C)C)S(=O)(=O)c1csc(CCl)c1. The van der Waals surface area contributed by atoms with E-state index in [0.29, 0.717) is 23.9 Å². The molecule has 19 heavy (non-hydrogen) atoms. The van der Waals surface area contributed by atoms with Gasteiger partial charge in [0.25, 0.3) is 0 Å². The number of nitrogens with zero attached hydrogens (tertiary/aromatic N) is 2. The number of rotatable bonds is 7. The fraction of sp³-hybridized carbons (Fsp3) is 0.667. The Morgan fingerprint density at radius 2 is 2.05 bits per heavy atom. The van der Waals surface area contributed by atoms with Crippen LogP contribution in [0.3, 0.4) is 0 Å². The zero-order chi connectivity index (χ0) is 14.6. The second-order valence-corrected chi connectivity index (χ2v) is 7.86. The minimum atomic E-state index is -3.43. The van der Waals surface area contributed by atoms with Gasteiger partial charge in [0.15, 0.2) is 0 Å². The topological polar surface area (TPSA) is 40.6 Å². The van der Waals surface area contributed by atoms with Crippen LogP contribution in [0.25, 0.3) is 0 Å². The first-order valence-electron chi connectivity index (χ1n) is 6.12. The Morgan fingerprint density at radius 1 is 1.42 bits per heavy atom. The molecule has 1 atom stereocenters. The van der Waals surface area contributed by atoms with Crippen LogP contribution in [0.5, 0.6) is 0 Å². The molecule has 0 saturated heterocycles. The van der Waals surface area contributed by atoms with Crippen LogP contribution in [-0.4, -0.2) is 50.8 Å². The minimum Gasteiger partial charge on any atom is -0.308 e. The fourth-order valence-corrected chi connectivity index (χ4v) is 5.05. The van der Waals surface area contributed by atoms with E-state index in [1.54, 1.807) is 11.4 Å². The molecule has 0 aromatic carbocycles. The molecule has 0 aliphatic heterocycles. The van der Waals surface area contributed by atoms with Gasteiger partial charge in [-0.25, -0.2) is 8.42 Å². The molecule has 0 amide bonds. The van der Waals surface area contributed by atoms with Crippen molar-refractivity contribution in [2.24, 2.45) is 0 Å². The van der Waals surface area contributed by atoms with Crippen molar-refractivity contribution in [3.8, 4) is 0 Å². The van der Waals surface area contributed by atoms with Crippen molar-refractivity contribution in [1.29, 1.82) is 0 Å². The quantitative estimate of drug-likeness (QED) is 0.723. The van der Waals surface area contributed by atoms with Gasteiger partial charge in [0.1, 0.15) is 0 Å². The molecular weight excluding hydrogens is 304 g/mol. The summed E-state index contributed by atoms with van der Waals surface area (Å²) in [5.74, 6) is 0.347. The molecule has 0 aliphatic rings. The maximum Gasteiger partial charge on any atom is 0.244 e. The molecule has 0 fully saturated rings. The molecule has 0 saturated carbocycles. The molecule has 7 heteroatoms. The lowest BCUT2D eigenvalue weighted by Gasteiger charge is -2.28. The van der Waals surface area contributed by atoms with E-state index in [-0.39, 0.29) is 6.04 Å². The summed E-state index contributed by atoms with van der Waals surface area (Å²) in [5, 5.41) is 1.66. The van der Waals surface area contributed by atoms with Gasteiger partial charge in [-0.15, -0.1) is 22.9 Å². The van der Waals surface area contributed by atoms with Gasteiger partial charge >= 0.3 is 0 Å². The van der Waals surface area contributed by atoms with E-state index < -0.39 is 10.0 Å². The van der Waals surface area contributed by atoms with Crippen molar-refractivity contribution in [3.63, 3.8) is 0 Å². The van der Waals surface area contributed by atoms with Gasteiger partial charge in [0.05, 0.1) is 10.8 Å². The van der Waals surface area contributed by atoms with Crippen LogP contribution >= 0.6 is 22.9 Å². The van der Waals surface area contributed by atoms with Crippen molar-refractivity contribution < 1.29 is 8.42 Å². The first-order valence-corrected chi connectivity index (χ1v) is 8.98. The highest BCUT2D eigenvalue weighted by molar-refractivity contribution is 7.89. The number of thiophene rings is 1. The monoisotopic (exact) mass is 324 g/mol. The number of likely N-dealkylation sites (N-methyl/N-ethyl adjacent to an activating group) is 2. The highest BCUT2D eigenvalue weighted by atomic mass is 35.5. The van der Waals surface area contributed by atoms with E-state index in [4.69, 9.17) is 11.6 Å². The molecule has 0 aliphatic carbocycles. The molecule has 110 valence electrons. The van der Waals surface area contributed by atoms with Gasteiger partial charge in [-0.05, 0) is 27.1 Å². The number of sulfonamides is 1. The summed E-state index contributed by atoms with van der Waals surface area (Å²) in [5.41, 5.74) is 0. The van der Waals surface area contributed by atoms with Crippen molar-refractivity contribution in [3.05, 3.63) is 16.3 Å². The Bertz CT molecular complexity index is 500. The summed E-state index contributed by atoms with van der Waals surface area (Å²) in [4.78, 5) is 3.21.